The third-order valence-electron chi connectivity index (χ3n) is 6.70. The van der Waals surface area contributed by atoms with Gasteiger partial charge in [0.15, 0.2) is 5.54 Å². The Bertz CT molecular complexity index is 1520. The zero-order valence-corrected chi connectivity index (χ0v) is 20.9. The average Bonchev–Trinajstić information content (AvgIpc) is 3.22. The fraction of sp³-hybridized carbons (Fsp3) is 0.100. The summed E-state index contributed by atoms with van der Waals surface area (Å²) in [7, 11) is 0. The molecule has 0 bridgehead atoms. The lowest BCUT2D eigenvalue weighted by Crippen LogP contribution is -2.46. The van der Waals surface area contributed by atoms with Gasteiger partial charge in [0.1, 0.15) is 11.7 Å². The van der Waals surface area contributed by atoms with Crippen molar-refractivity contribution < 1.29 is 19.3 Å². The molecule has 1 atom stereocenters. The van der Waals surface area contributed by atoms with Gasteiger partial charge in [0.2, 0.25) is 0 Å². The molecule has 0 spiro atoms. The summed E-state index contributed by atoms with van der Waals surface area (Å²) < 4.78 is 0. The third-order valence-corrected chi connectivity index (χ3v) is 6.70. The Kier molecular flexibility index (Phi) is 6.64. The van der Waals surface area contributed by atoms with E-state index in [0.717, 1.165) is 4.90 Å². The molecule has 4 aromatic rings. The number of benzene rings is 4. The van der Waals surface area contributed by atoms with E-state index in [2.05, 4.69) is 10.6 Å². The first-order valence-electron chi connectivity index (χ1n) is 12.2. The van der Waals surface area contributed by atoms with Crippen LogP contribution in [0.25, 0.3) is 0 Å². The fourth-order valence-electron chi connectivity index (χ4n) is 4.87. The van der Waals surface area contributed by atoms with E-state index in [-0.39, 0.29) is 11.4 Å². The van der Waals surface area contributed by atoms with Gasteiger partial charge in [0, 0.05) is 6.07 Å². The lowest BCUT2D eigenvalue weighted by molar-refractivity contribution is -0.384. The highest BCUT2D eigenvalue weighted by molar-refractivity contribution is 6.13. The molecular formula is C30H24N4O5. The van der Waals surface area contributed by atoms with Gasteiger partial charge in [-0.05, 0) is 35.2 Å². The summed E-state index contributed by atoms with van der Waals surface area (Å²) in [5.41, 5.74) is 0.144. The van der Waals surface area contributed by atoms with Gasteiger partial charge in [-0.2, -0.15) is 0 Å². The molecule has 5 rings (SSSR count). The number of carbonyl (C=O) groups excluding carboxylic acids is 3. The number of nitro benzene ring substituents is 1. The van der Waals surface area contributed by atoms with Crippen molar-refractivity contribution in [2.24, 2.45) is 0 Å². The van der Waals surface area contributed by atoms with Gasteiger partial charge in [-0.25, -0.2) is 9.69 Å². The molecule has 1 aliphatic heterocycles. The van der Waals surface area contributed by atoms with Crippen LogP contribution in [0.5, 0.6) is 0 Å². The van der Waals surface area contributed by atoms with Gasteiger partial charge in [-0.1, -0.05) is 97.1 Å². The molecule has 1 fully saturated rings. The molecule has 1 heterocycles. The van der Waals surface area contributed by atoms with Gasteiger partial charge >= 0.3 is 6.03 Å². The van der Waals surface area contributed by atoms with Crippen LogP contribution in [0.1, 0.15) is 28.3 Å². The number of carbonyl (C=O) groups is 3. The predicted octanol–water partition coefficient (Wildman–Crippen LogP) is 5.08. The first-order valence-corrected chi connectivity index (χ1v) is 12.2. The Morgan fingerprint density at radius 1 is 0.872 bits per heavy atom. The molecule has 1 aliphatic rings. The quantitative estimate of drug-likeness (QED) is 0.200. The Labute approximate surface area is 224 Å². The van der Waals surface area contributed by atoms with E-state index in [1.165, 1.54) is 12.1 Å². The maximum atomic E-state index is 14.4. The number of hydrogen-bond acceptors (Lipinski definition) is 5. The first kappa shape index (κ1) is 25.3. The van der Waals surface area contributed by atoms with E-state index in [4.69, 9.17) is 0 Å². The van der Waals surface area contributed by atoms with Crippen molar-refractivity contribution in [2.75, 3.05) is 5.32 Å². The Balaban J connectivity index is 1.62. The molecule has 1 saturated heterocycles. The largest absolute Gasteiger partial charge is 0.326 e. The van der Waals surface area contributed by atoms with E-state index in [1.54, 1.807) is 104 Å². The van der Waals surface area contributed by atoms with Gasteiger partial charge < -0.3 is 10.6 Å². The number of amides is 4. The molecule has 9 nitrogen and oxygen atoms in total. The topological polar surface area (TPSA) is 122 Å². The molecule has 4 aromatic carbocycles. The maximum Gasteiger partial charge on any atom is 0.326 e. The standard InChI is InChI=1S/C30H24N4O5/c1-20-17-18-24(25(19-20)34(38)39)31-27(35)26(21-11-5-2-6-12-21)33-28(36)30(32-29(33)37,22-13-7-3-8-14-22)23-15-9-4-10-16-23/h2-19,26H,1H3,(H,31,35)(H,32,37). The molecule has 1 unspecified atom stereocenters. The molecular weight excluding hydrogens is 496 g/mol. The summed E-state index contributed by atoms with van der Waals surface area (Å²) >= 11 is 0. The van der Waals surface area contributed by atoms with Gasteiger partial charge in [0.25, 0.3) is 17.5 Å². The average molecular weight is 521 g/mol. The molecule has 2 N–H and O–H groups in total. The second-order valence-corrected chi connectivity index (χ2v) is 9.17. The van der Waals surface area contributed by atoms with Gasteiger partial charge in [-0.3, -0.25) is 19.7 Å². The summed E-state index contributed by atoms with van der Waals surface area (Å²) in [6, 6.07) is 28.2. The van der Waals surface area contributed by atoms with Crippen molar-refractivity contribution in [1.82, 2.24) is 10.2 Å². The van der Waals surface area contributed by atoms with Crippen LogP contribution < -0.4 is 10.6 Å². The SMILES string of the molecule is Cc1ccc(NC(=O)C(c2ccccc2)N2C(=O)NC(c3ccccc3)(c3ccccc3)C2=O)c([N+](=O)[O-])c1. The van der Waals surface area contributed by atoms with E-state index in [0.29, 0.717) is 22.3 Å². The van der Waals surface area contributed by atoms with Crippen LogP contribution in [0, 0.1) is 17.0 Å². The number of nitrogens with zero attached hydrogens (tertiary/aromatic N) is 2. The predicted molar refractivity (Wildman–Crippen MR) is 145 cm³/mol. The van der Waals surface area contributed by atoms with Crippen LogP contribution in [0.2, 0.25) is 0 Å². The van der Waals surface area contributed by atoms with Crippen LogP contribution in [0.4, 0.5) is 16.2 Å². The highest BCUT2D eigenvalue weighted by atomic mass is 16.6. The summed E-state index contributed by atoms with van der Waals surface area (Å²) in [6.45, 7) is 1.70. The van der Waals surface area contributed by atoms with Crippen molar-refractivity contribution in [2.45, 2.75) is 18.5 Å². The van der Waals surface area contributed by atoms with E-state index in [1.807, 2.05) is 0 Å². The molecule has 0 saturated carbocycles. The second-order valence-electron chi connectivity index (χ2n) is 9.17. The van der Waals surface area contributed by atoms with Crippen LogP contribution >= 0.6 is 0 Å². The number of aryl methyl sites for hydroxylation is 1. The van der Waals surface area contributed by atoms with Crippen molar-refractivity contribution in [3.63, 3.8) is 0 Å². The smallest absolute Gasteiger partial charge is 0.318 e. The number of anilines is 1. The Hall–Kier alpha value is -5.31. The minimum atomic E-state index is -1.58. The van der Waals surface area contributed by atoms with Crippen molar-refractivity contribution in [3.05, 3.63) is 142 Å². The van der Waals surface area contributed by atoms with Crippen molar-refractivity contribution in [1.29, 1.82) is 0 Å². The minimum absolute atomic E-state index is 0.0408. The number of urea groups is 1. The third kappa shape index (κ3) is 4.50. The van der Waals surface area contributed by atoms with Gasteiger partial charge in [-0.15, -0.1) is 0 Å². The monoisotopic (exact) mass is 520 g/mol. The highest BCUT2D eigenvalue weighted by Gasteiger charge is 2.57. The van der Waals surface area contributed by atoms with Crippen molar-refractivity contribution >= 4 is 29.2 Å². The van der Waals surface area contributed by atoms with Crippen LogP contribution in [-0.4, -0.2) is 27.7 Å². The summed E-state index contributed by atoms with van der Waals surface area (Å²) in [5, 5.41) is 17.1. The lowest BCUT2D eigenvalue weighted by Gasteiger charge is -2.30. The molecule has 4 amide bonds. The number of rotatable bonds is 7. The summed E-state index contributed by atoms with van der Waals surface area (Å²) in [4.78, 5) is 53.8. The normalized spacial score (nSPS) is 14.9. The highest BCUT2D eigenvalue weighted by Crippen LogP contribution is 2.40. The van der Waals surface area contributed by atoms with E-state index >= 15 is 0 Å². The molecule has 194 valence electrons. The van der Waals surface area contributed by atoms with E-state index in [9.17, 15) is 24.5 Å². The van der Waals surface area contributed by atoms with Crippen LogP contribution in [-0.2, 0) is 15.1 Å². The Morgan fingerprint density at radius 3 is 1.95 bits per heavy atom. The molecule has 0 aromatic heterocycles. The van der Waals surface area contributed by atoms with E-state index < -0.39 is 34.3 Å². The van der Waals surface area contributed by atoms with Crippen LogP contribution in [0.3, 0.4) is 0 Å². The summed E-state index contributed by atoms with van der Waals surface area (Å²) in [6.07, 6.45) is 0. The van der Waals surface area contributed by atoms with Crippen LogP contribution in [0.15, 0.2) is 109 Å². The number of imide groups is 1. The van der Waals surface area contributed by atoms with Crippen molar-refractivity contribution in [3.8, 4) is 0 Å². The molecule has 9 heteroatoms. The summed E-state index contributed by atoms with van der Waals surface area (Å²) in [5.74, 6) is -1.42. The number of nitrogens with one attached hydrogen (secondary N) is 2. The first-order chi connectivity index (χ1) is 18.8. The minimum Gasteiger partial charge on any atom is -0.318 e. The van der Waals surface area contributed by atoms with Gasteiger partial charge in [0.05, 0.1) is 4.92 Å². The Morgan fingerprint density at radius 2 is 1.41 bits per heavy atom. The lowest BCUT2D eigenvalue weighted by atomic mass is 9.82. The second kappa shape index (κ2) is 10.2. The molecule has 0 radical (unpaired) electrons. The fourth-order valence-corrected chi connectivity index (χ4v) is 4.87. The zero-order chi connectivity index (χ0) is 27.6. The number of nitro groups is 1. The molecule has 39 heavy (non-hydrogen) atoms. The zero-order valence-electron chi connectivity index (χ0n) is 20.9. The number of hydrogen-bond donors (Lipinski definition) is 2. The maximum absolute atomic E-state index is 14.4. The molecule has 0 aliphatic carbocycles.